The largest absolute Gasteiger partial charge is 0.309 e. The van der Waals surface area contributed by atoms with Gasteiger partial charge in [-0.25, -0.2) is 9.50 Å². The molecule has 0 bridgehead atoms. The topological polar surface area (TPSA) is 60.9 Å². The number of para-hydroxylation sites is 1. The van der Waals surface area contributed by atoms with E-state index in [1.807, 2.05) is 42.8 Å². The van der Waals surface area contributed by atoms with Crippen LogP contribution in [0.3, 0.4) is 0 Å². The molecule has 0 amide bonds. The molecule has 0 N–H and O–H groups in total. The molecule has 28 heavy (non-hydrogen) atoms. The van der Waals surface area contributed by atoms with Crippen molar-refractivity contribution in [2.24, 2.45) is 7.05 Å². The lowest BCUT2D eigenvalue weighted by Gasteiger charge is -2.08. The van der Waals surface area contributed by atoms with Gasteiger partial charge in [0.25, 0.3) is 0 Å². The molecule has 4 aromatic heterocycles. The number of hydrogen-bond acceptors (Lipinski definition) is 6. The maximum atomic E-state index is 6.44. The van der Waals surface area contributed by atoms with Gasteiger partial charge in [-0.05, 0) is 36.2 Å². The Hall–Kier alpha value is -2.42. The molecular weight excluding hydrogens is 412 g/mol. The van der Waals surface area contributed by atoms with Crippen molar-refractivity contribution in [2.75, 3.05) is 0 Å². The van der Waals surface area contributed by atoms with Crippen molar-refractivity contribution in [3.05, 3.63) is 63.2 Å². The third kappa shape index (κ3) is 2.88. The zero-order chi connectivity index (χ0) is 19.3. The first kappa shape index (κ1) is 17.7. The van der Waals surface area contributed by atoms with Crippen LogP contribution in [0, 0.1) is 6.92 Å². The van der Waals surface area contributed by atoms with Gasteiger partial charge in [0.2, 0.25) is 0 Å². The van der Waals surface area contributed by atoms with Crippen molar-refractivity contribution in [1.29, 1.82) is 0 Å². The van der Waals surface area contributed by atoms with Gasteiger partial charge in [0.05, 0.1) is 11.2 Å². The summed E-state index contributed by atoms with van der Waals surface area (Å²) in [6, 6.07) is 12.2. The molecule has 5 rings (SSSR count). The minimum Gasteiger partial charge on any atom is -0.309 e. The molecule has 5 aromatic rings. The van der Waals surface area contributed by atoms with E-state index in [9.17, 15) is 0 Å². The minimum atomic E-state index is 0.573. The molecule has 0 atom stereocenters. The summed E-state index contributed by atoms with van der Waals surface area (Å²) in [5.74, 6) is 0.925. The number of aryl methyl sites for hydroxylation is 1. The Labute approximate surface area is 174 Å². The van der Waals surface area contributed by atoms with Crippen LogP contribution in [0.5, 0.6) is 0 Å². The van der Waals surface area contributed by atoms with E-state index in [2.05, 4.69) is 32.8 Å². The molecule has 140 valence electrons. The van der Waals surface area contributed by atoms with Crippen molar-refractivity contribution in [3.63, 3.8) is 0 Å². The highest BCUT2D eigenvalue weighted by atomic mass is 35.5. The first-order valence-corrected chi connectivity index (χ1v) is 10.7. The summed E-state index contributed by atoms with van der Waals surface area (Å²) in [7, 11) is 1.99. The van der Waals surface area contributed by atoms with Gasteiger partial charge in [0.1, 0.15) is 15.9 Å². The molecular formula is C19H15ClN6S2. The second-order valence-corrected chi connectivity index (χ2v) is 8.75. The fourth-order valence-corrected chi connectivity index (χ4v) is 4.85. The van der Waals surface area contributed by atoms with Gasteiger partial charge >= 0.3 is 0 Å². The van der Waals surface area contributed by atoms with Crippen LogP contribution in [-0.2, 0) is 13.5 Å². The molecule has 0 unspecified atom stereocenters. The molecule has 0 spiro atoms. The molecule has 0 saturated heterocycles. The molecule has 6 nitrogen and oxygen atoms in total. The van der Waals surface area contributed by atoms with Gasteiger partial charge in [0, 0.05) is 23.7 Å². The van der Waals surface area contributed by atoms with Crippen LogP contribution in [0.2, 0.25) is 5.02 Å². The van der Waals surface area contributed by atoms with Crippen LogP contribution in [0.1, 0.15) is 16.4 Å². The minimum absolute atomic E-state index is 0.573. The molecule has 0 aliphatic carbocycles. The zero-order valence-electron chi connectivity index (χ0n) is 15.1. The second-order valence-electron chi connectivity index (χ2n) is 6.38. The summed E-state index contributed by atoms with van der Waals surface area (Å²) in [4.78, 5) is 6.06. The Balaban J connectivity index is 1.60. The molecule has 0 aliphatic heterocycles. The van der Waals surface area contributed by atoms with Crippen LogP contribution in [0.25, 0.3) is 16.6 Å². The van der Waals surface area contributed by atoms with E-state index < -0.39 is 0 Å². The summed E-state index contributed by atoms with van der Waals surface area (Å²) >= 11 is 9.66. The fraction of sp³-hybridized carbons (Fsp3) is 0.158. The van der Waals surface area contributed by atoms with Crippen LogP contribution < -0.4 is 0 Å². The van der Waals surface area contributed by atoms with Gasteiger partial charge in [-0.15, -0.1) is 21.5 Å². The predicted molar refractivity (Wildman–Crippen MR) is 112 cm³/mol. The molecule has 9 heteroatoms. The van der Waals surface area contributed by atoms with Crippen molar-refractivity contribution in [1.82, 2.24) is 29.4 Å². The summed E-state index contributed by atoms with van der Waals surface area (Å²) in [5.41, 5.74) is 2.38. The van der Waals surface area contributed by atoms with Crippen LogP contribution in [-0.4, -0.2) is 29.4 Å². The summed E-state index contributed by atoms with van der Waals surface area (Å²) in [5, 5.41) is 18.6. The van der Waals surface area contributed by atoms with E-state index in [0.29, 0.717) is 10.7 Å². The average Bonchev–Trinajstić information content (AvgIpc) is 3.40. The first-order valence-electron chi connectivity index (χ1n) is 8.64. The lowest BCUT2D eigenvalue weighted by Crippen LogP contribution is -2.00. The number of hydrogen-bond donors (Lipinski definition) is 0. The van der Waals surface area contributed by atoms with Gasteiger partial charge < -0.3 is 4.57 Å². The van der Waals surface area contributed by atoms with E-state index in [1.54, 1.807) is 15.9 Å². The molecule has 4 heterocycles. The van der Waals surface area contributed by atoms with E-state index in [0.717, 1.165) is 39.0 Å². The van der Waals surface area contributed by atoms with Crippen molar-refractivity contribution in [3.8, 4) is 0 Å². The van der Waals surface area contributed by atoms with Crippen LogP contribution in [0.4, 0.5) is 0 Å². The van der Waals surface area contributed by atoms with E-state index >= 15 is 0 Å². The Morgan fingerprint density at radius 2 is 2.00 bits per heavy atom. The van der Waals surface area contributed by atoms with Crippen molar-refractivity contribution in [2.45, 2.75) is 23.5 Å². The van der Waals surface area contributed by atoms with Crippen LogP contribution >= 0.6 is 34.7 Å². The SMILES string of the molecule is Cc1nn2c(nc(Sc3nnc(Cc4cccs4)n3C)c3ccccc32)c1Cl. The normalized spacial score (nSPS) is 11.7. The van der Waals surface area contributed by atoms with Gasteiger partial charge in [0.15, 0.2) is 10.8 Å². The lowest BCUT2D eigenvalue weighted by atomic mass is 10.2. The van der Waals surface area contributed by atoms with Gasteiger partial charge in [-0.2, -0.15) is 5.10 Å². The maximum Gasteiger partial charge on any atom is 0.197 e. The Morgan fingerprint density at radius 1 is 1.14 bits per heavy atom. The average molecular weight is 427 g/mol. The summed E-state index contributed by atoms with van der Waals surface area (Å²) in [6.07, 6.45) is 0.766. The molecule has 0 radical (unpaired) electrons. The third-order valence-corrected chi connectivity index (χ3v) is 6.92. The molecule has 0 fully saturated rings. The quantitative estimate of drug-likeness (QED) is 0.387. The number of benzene rings is 1. The van der Waals surface area contributed by atoms with E-state index in [4.69, 9.17) is 16.6 Å². The van der Waals surface area contributed by atoms with Crippen molar-refractivity contribution >= 4 is 51.2 Å². The van der Waals surface area contributed by atoms with Crippen LogP contribution in [0.15, 0.2) is 52.0 Å². The van der Waals surface area contributed by atoms with E-state index in [-0.39, 0.29) is 0 Å². The zero-order valence-corrected chi connectivity index (χ0v) is 17.5. The fourth-order valence-electron chi connectivity index (χ4n) is 3.08. The highest BCUT2D eigenvalue weighted by Gasteiger charge is 2.18. The number of thiophene rings is 1. The maximum absolute atomic E-state index is 6.44. The summed E-state index contributed by atoms with van der Waals surface area (Å²) < 4.78 is 3.82. The number of nitrogens with zero attached hydrogens (tertiary/aromatic N) is 6. The Morgan fingerprint density at radius 3 is 2.82 bits per heavy atom. The molecule has 0 saturated carbocycles. The predicted octanol–water partition coefficient (Wildman–Crippen LogP) is 4.78. The summed E-state index contributed by atoms with van der Waals surface area (Å²) in [6.45, 7) is 1.89. The first-order chi connectivity index (χ1) is 13.6. The Bertz CT molecular complexity index is 1310. The van der Waals surface area contributed by atoms with Gasteiger partial charge in [-0.1, -0.05) is 35.9 Å². The monoisotopic (exact) mass is 426 g/mol. The number of aromatic nitrogens is 6. The smallest absolute Gasteiger partial charge is 0.197 e. The number of halogens is 1. The molecule has 1 aromatic carbocycles. The van der Waals surface area contributed by atoms with Crippen molar-refractivity contribution < 1.29 is 0 Å². The Kier molecular flexibility index (Phi) is 4.34. The standard InChI is InChI=1S/C19H15ClN6S2/c1-11-16(20)17-21-18(13-7-3-4-8-14(13)26(17)24-11)28-19-23-22-15(25(19)2)10-12-6-5-9-27-12/h3-9H,10H2,1-2H3. The lowest BCUT2D eigenvalue weighted by molar-refractivity contribution is 0.750. The van der Waals surface area contributed by atoms with Gasteiger partial charge in [-0.3, -0.25) is 0 Å². The number of fused-ring (bicyclic) bond motifs is 3. The molecule has 0 aliphatic rings. The van der Waals surface area contributed by atoms with E-state index in [1.165, 1.54) is 16.6 Å². The highest BCUT2D eigenvalue weighted by molar-refractivity contribution is 7.99. The second kappa shape index (κ2) is 6.88. The number of rotatable bonds is 4. The third-order valence-electron chi connectivity index (χ3n) is 4.56. The highest BCUT2D eigenvalue weighted by Crippen LogP contribution is 2.34.